The predicted molar refractivity (Wildman–Crippen MR) is 89.2 cm³/mol. The van der Waals surface area contributed by atoms with Gasteiger partial charge in [-0.2, -0.15) is 5.26 Å². The maximum Gasteiger partial charge on any atom is 0.271 e. The lowest BCUT2D eigenvalue weighted by atomic mass is 10.2. The highest BCUT2D eigenvalue weighted by molar-refractivity contribution is 7.93. The van der Waals surface area contributed by atoms with Crippen LogP contribution in [0, 0.1) is 11.3 Å². The van der Waals surface area contributed by atoms with Crippen LogP contribution in [0.1, 0.15) is 11.1 Å². The van der Waals surface area contributed by atoms with Crippen LogP contribution in [0.5, 0.6) is 5.75 Å². The highest BCUT2D eigenvalue weighted by Crippen LogP contribution is 2.11. The van der Waals surface area contributed by atoms with Gasteiger partial charge in [-0.05, 0) is 35.9 Å². The third-order valence-electron chi connectivity index (χ3n) is 2.85. The fraction of sp³-hybridized carbons (Fsp3) is 0.0588. The second kappa shape index (κ2) is 7.94. The number of rotatable bonds is 6. The highest BCUT2D eigenvalue weighted by atomic mass is 32.2. The molecule has 2 rings (SSSR count). The van der Waals surface area contributed by atoms with E-state index in [2.05, 4.69) is 0 Å². The maximum absolute atomic E-state index is 11.8. The van der Waals surface area contributed by atoms with Crippen LogP contribution in [-0.2, 0) is 14.8 Å². The van der Waals surface area contributed by atoms with Crippen molar-refractivity contribution < 1.29 is 17.9 Å². The number of ether oxygens (including phenoxy) is 1. The Morgan fingerprint density at radius 3 is 2.42 bits per heavy atom. The zero-order chi connectivity index (χ0) is 17.4. The summed E-state index contributed by atoms with van der Waals surface area (Å²) in [5.41, 5.74) is 1.16. The Balaban J connectivity index is 1.88. The summed E-state index contributed by atoms with van der Waals surface area (Å²) < 4.78 is 30.7. The second-order valence-electron chi connectivity index (χ2n) is 4.71. The first-order valence-electron chi connectivity index (χ1n) is 6.90. The van der Waals surface area contributed by atoms with Crippen molar-refractivity contribution in [2.45, 2.75) is 0 Å². The van der Waals surface area contributed by atoms with Crippen molar-refractivity contribution in [3.63, 3.8) is 0 Å². The molecule has 24 heavy (non-hydrogen) atoms. The van der Waals surface area contributed by atoms with Gasteiger partial charge in [-0.1, -0.05) is 30.3 Å². The first-order chi connectivity index (χ1) is 11.5. The van der Waals surface area contributed by atoms with Crippen molar-refractivity contribution in [3.05, 3.63) is 71.1 Å². The Kier molecular flexibility index (Phi) is 5.71. The second-order valence-corrected chi connectivity index (χ2v) is 6.27. The largest absolute Gasteiger partial charge is 0.484 e. The van der Waals surface area contributed by atoms with Crippen molar-refractivity contribution >= 4 is 22.0 Å². The van der Waals surface area contributed by atoms with E-state index in [0.717, 1.165) is 5.41 Å². The standard InChI is InChI=1S/C17H14N2O4S/c18-12-15-6-8-16(9-7-15)23-13-17(20)19-24(21,22)11-10-14-4-2-1-3-5-14/h1-11H,13H2,(H,19,20)/b11-10+. The summed E-state index contributed by atoms with van der Waals surface area (Å²) >= 11 is 0. The molecular weight excluding hydrogens is 328 g/mol. The molecule has 0 fully saturated rings. The topological polar surface area (TPSA) is 96.3 Å². The number of carbonyl (C=O) groups is 1. The Hall–Kier alpha value is -3.11. The van der Waals surface area contributed by atoms with Gasteiger partial charge in [-0.3, -0.25) is 4.79 Å². The molecule has 0 saturated carbocycles. The van der Waals surface area contributed by atoms with E-state index in [-0.39, 0.29) is 0 Å². The average molecular weight is 342 g/mol. The fourth-order valence-electron chi connectivity index (χ4n) is 1.73. The van der Waals surface area contributed by atoms with Crippen LogP contribution < -0.4 is 9.46 Å². The Morgan fingerprint density at radius 1 is 1.12 bits per heavy atom. The Bertz CT molecular complexity index is 867. The van der Waals surface area contributed by atoms with Crippen molar-refractivity contribution in [1.29, 1.82) is 5.26 Å². The molecule has 6 nitrogen and oxygen atoms in total. The summed E-state index contributed by atoms with van der Waals surface area (Å²) in [6.07, 6.45) is 1.39. The number of nitrogens with one attached hydrogen (secondary N) is 1. The van der Waals surface area contributed by atoms with Crippen LogP contribution in [0.15, 0.2) is 60.0 Å². The molecule has 0 bridgehead atoms. The molecule has 2 aromatic rings. The van der Waals surface area contributed by atoms with Crippen molar-refractivity contribution in [2.75, 3.05) is 6.61 Å². The first kappa shape index (κ1) is 17.2. The van der Waals surface area contributed by atoms with E-state index in [1.54, 1.807) is 24.3 Å². The molecule has 0 aromatic heterocycles. The van der Waals surface area contributed by atoms with Gasteiger partial charge >= 0.3 is 0 Å². The predicted octanol–water partition coefficient (Wildman–Crippen LogP) is 2.05. The number of benzene rings is 2. The van der Waals surface area contributed by atoms with Crippen LogP contribution in [0.4, 0.5) is 0 Å². The lowest BCUT2D eigenvalue weighted by Crippen LogP contribution is -2.33. The average Bonchev–Trinajstić information content (AvgIpc) is 2.59. The van der Waals surface area contributed by atoms with Gasteiger partial charge in [-0.15, -0.1) is 0 Å². The van der Waals surface area contributed by atoms with Gasteiger partial charge in [0.05, 0.1) is 17.0 Å². The molecule has 0 saturated heterocycles. The van der Waals surface area contributed by atoms with Gasteiger partial charge in [0.1, 0.15) is 5.75 Å². The molecule has 0 spiro atoms. The van der Waals surface area contributed by atoms with Gasteiger partial charge in [0.25, 0.3) is 15.9 Å². The lowest BCUT2D eigenvalue weighted by Gasteiger charge is -2.06. The summed E-state index contributed by atoms with van der Waals surface area (Å²) in [4.78, 5) is 11.7. The summed E-state index contributed by atoms with van der Waals surface area (Å²) in [7, 11) is -3.90. The van der Waals surface area contributed by atoms with Gasteiger partial charge in [0.15, 0.2) is 6.61 Å². The number of nitrogens with zero attached hydrogens (tertiary/aromatic N) is 1. The molecule has 0 radical (unpaired) electrons. The highest BCUT2D eigenvalue weighted by Gasteiger charge is 2.11. The molecule has 0 aliphatic rings. The minimum absolute atomic E-state index is 0.362. The van der Waals surface area contributed by atoms with Crippen molar-refractivity contribution in [2.24, 2.45) is 0 Å². The van der Waals surface area contributed by atoms with Crippen LogP contribution >= 0.6 is 0 Å². The van der Waals surface area contributed by atoms with Crippen LogP contribution in [-0.4, -0.2) is 20.9 Å². The molecule has 1 amide bonds. The maximum atomic E-state index is 11.8. The Labute approximate surface area is 140 Å². The molecule has 0 unspecified atom stereocenters. The van der Waals surface area contributed by atoms with E-state index < -0.39 is 22.5 Å². The van der Waals surface area contributed by atoms with Gasteiger partial charge in [-0.25, -0.2) is 13.1 Å². The van der Waals surface area contributed by atoms with E-state index in [4.69, 9.17) is 10.00 Å². The first-order valence-corrected chi connectivity index (χ1v) is 8.45. The quantitative estimate of drug-likeness (QED) is 0.867. The monoisotopic (exact) mass is 342 g/mol. The number of amides is 1. The zero-order valence-corrected chi connectivity index (χ0v) is 13.4. The summed E-state index contributed by atoms with van der Waals surface area (Å²) in [5.74, 6) is -0.432. The Morgan fingerprint density at radius 2 is 1.79 bits per heavy atom. The molecular formula is C17H14N2O4S. The number of nitriles is 1. The third kappa shape index (κ3) is 5.59. The number of sulfonamides is 1. The van der Waals surface area contributed by atoms with Gasteiger partial charge in [0, 0.05) is 0 Å². The number of hydrogen-bond donors (Lipinski definition) is 1. The molecule has 2 aromatic carbocycles. The summed E-state index contributed by atoms with van der Waals surface area (Å²) in [6.45, 7) is -0.454. The molecule has 0 aliphatic heterocycles. The summed E-state index contributed by atoms with van der Waals surface area (Å²) in [6, 6.07) is 16.9. The molecule has 0 heterocycles. The van der Waals surface area contributed by atoms with E-state index in [1.165, 1.54) is 30.3 Å². The van der Waals surface area contributed by atoms with Crippen LogP contribution in [0.2, 0.25) is 0 Å². The van der Waals surface area contributed by atoms with Gasteiger partial charge in [0.2, 0.25) is 0 Å². The minimum Gasteiger partial charge on any atom is -0.484 e. The van der Waals surface area contributed by atoms with E-state index in [1.807, 2.05) is 16.9 Å². The lowest BCUT2D eigenvalue weighted by molar-refractivity contribution is -0.121. The number of carbonyl (C=O) groups excluding carboxylic acids is 1. The summed E-state index contributed by atoms with van der Waals surface area (Å²) in [5, 5.41) is 9.60. The van der Waals surface area contributed by atoms with Gasteiger partial charge < -0.3 is 4.74 Å². The van der Waals surface area contributed by atoms with E-state index >= 15 is 0 Å². The molecule has 0 aliphatic carbocycles. The molecule has 122 valence electrons. The zero-order valence-electron chi connectivity index (χ0n) is 12.5. The van der Waals surface area contributed by atoms with Crippen molar-refractivity contribution in [3.8, 4) is 11.8 Å². The van der Waals surface area contributed by atoms with Crippen LogP contribution in [0.3, 0.4) is 0 Å². The smallest absolute Gasteiger partial charge is 0.271 e. The molecule has 0 atom stereocenters. The van der Waals surface area contributed by atoms with Crippen LogP contribution in [0.25, 0.3) is 6.08 Å². The molecule has 7 heteroatoms. The number of hydrogen-bond acceptors (Lipinski definition) is 5. The third-order valence-corrected chi connectivity index (χ3v) is 3.86. The molecule has 1 N–H and O–H groups in total. The van der Waals surface area contributed by atoms with E-state index in [0.29, 0.717) is 16.9 Å². The normalized spacial score (nSPS) is 11.0. The van der Waals surface area contributed by atoms with Crippen molar-refractivity contribution in [1.82, 2.24) is 4.72 Å². The SMILES string of the molecule is N#Cc1ccc(OCC(=O)NS(=O)(=O)/C=C/c2ccccc2)cc1. The minimum atomic E-state index is -3.90. The fourth-order valence-corrected chi connectivity index (χ4v) is 2.51. The van der Waals surface area contributed by atoms with E-state index in [9.17, 15) is 13.2 Å².